The van der Waals surface area contributed by atoms with Crippen LogP contribution in [0.4, 0.5) is 4.79 Å². The zero-order valence-corrected chi connectivity index (χ0v) is 18.9. The molecule has 7 heteroatoms. The van der Waals surface area contributed by atoms with Crippen molar-refractivity contribution in [3.8, 4) is 0 Å². The molecule has 29 heavy (non-hydrogen) atoms. The van der Waals surface area contributed by atoms with Crippen LogP contribution in [0.15, 0.2) is 24.3 Å². The third kappa shape index (κ3) is 7.86. The predicted octanol–water partition coefficient (Wildman–Crippen LogP) is 3.43. The summed E-state index contributed by atoms with van der Waals surface area (Å²) >= 11 is 0. The summed E-state index contributed by atoms with van der Waals surface area (Å²) in [7, 11) is 0. The highest BCUT2D eigenvalue weighted by atomic mass is 35.5. The molecule has 1 aliphatic rings. The van der Waals surface area contributed by atoms with Gasteiger partial charge < -0.3 is 21.3 Å². The molecule has 1 aromatic carbocycles. The Morgan fingerprint density at radius 2 is 1.69 bits per heavy atom. The Balaban J connectivity index is 0.00000420. The average molecular weight is 425 g/mol. The number of benzene rings is 1. The first kappa shape index (κ1) is 25.2. The minimum atomic E-state index is -0.237. The van der Waals surface area contributed by atoms with Crippen LogP contribution in [0.5, 0.6) is 0 Å². The molecule has 1 saturated heterocycles. The molecule has 164 valence electrons. The molecule has 2 atom stereocenters. The molecule has 4 N–H and O–H groups in total. The molecule has 1 fully saturated rings. The standard InChI is InChI=1S/C22H36N4O2.ClH/c1-15(2)12-25-22(28)26-11-5-6-19(14-26)21(27)24-13-20(23)18-9-7-17(8-10-18)16(3)4;/h7-10,15-16,19-20H,5-6,11-14,23H2,1-4H3,(H,24,27)(H,25,28);1H. The van der Waals surface area contributed by atoms with Gasteiger partial charge in [0.25, 0.3) is 0 Å². The van der Waals surface area contributed by atoms with E-state index < -0.39 is 0 Å². The van der Waals surface area contributed by atoms with Crippen LogP contribution in [-0.4, -0.2) is 43.0 Å². The number of carbonyl (C=O) groups excluding carboxylic acids is 2. The Hall–Kier alpha value is -1.79. The maximum absolute atomic E-state index is 12.6. The van der Waals surface area contributed by atoms with E-state index in [1.165, 1.54) is 5.56 Å². The Bertz CT molecular complexity index is 649. The van der Waals surface area contributed by atoms with Crippen LogP contribution in [0.1, 0.15) is 63.6 Å². The highest BCUT2D eigenvalue weighted by molar-refractivity contribution is 5.85. The molecule has 0 bridgehead atoms. The molecule has 0 radical (unpaired) electrons. The lowest BCUT2D eigenvalue weighted by Gasteiger charge is -2.32. The SMILES string of the molecule is CC(C)CNC(=O)N1CCCC(C(=O)NCC(N)c2ccc(C(C)C)cc2)C1.Cl. The fourth-order valence-corrected chi connectivity index (χ4v) is 3.38. The van der Waals surface area contributed by atoms with Gasteiger partial charge in [0.05, 0.1) is 5.92 Å². The van der Waals surface area contributed by atoms with Crippen LogP contribution < -0.4 is 16.4 Å². The molecule has 0 spiro atoms. The van der Waals surface area contributed by atoms with Crippen molar-refractivity contribution in [1.82, 2.24) is 15.5 Å². The average Bonchev–Trinajstić information content (AvgIpc) is 2.70. The van der Waals surface area contributed by atoms with Gasteiger partial charge in [-0.05, 0) is 35.8 Å². The van der Waals surface area contributed by atoms with E-state index >= 15 is 0 Å². The van der Waals surface area contributed by atoms with Gasteiger partial charge in [0.2, 0.25) is 5.91 Å². The number of hydrogen-bond donors (Lipinski definition) is 3. The quantitative estimate of drug-likeness (QED) is 0.626. The smallest absolute Gasteiger partial charge is 0.317 e. The molecule has 0 saturated carbocycles. The van der Waals surface area contributed by atoms with E-state index in [1.54, 1.807) is 4.90 Å². The number of likely N-dealkylation sites (tertiary alicyclic amines) is 1. The monoisotopic (exact) mass is 424 g/mol. The second-order valence-corrected chi connectivity index (χ2v) is 8.54. The number of halogens is 1. The zero-order chi connectivity index (χ0) is 20.7. The third-order valence-corrected chi connectivity index (χ3v) is 5.27. The van der Waals surface area contributed by atoms with Gasteiger partial charge in [0, 0.05) is 32.2 Å². The first-order valence-corrected chi connectivity index (χ1v) is 10.4. The fraction of sp³-hybridized carbons (Fsp3) is 0.636. The number of urea groups is 1. The number of nitrogens with two attached hydrogens (primary N) is 1. The van der Waals surface area contributed by atoms with Crippen molar-refractivity contribution in [2.24, 2.45) is 17.6 Å². The first-order chi connectivity index (χ1) is 13.3. The summed E-state index contributed by atoms with van der Waals surface area (Å²) < 4.78 is 0. The van der Waals surface area contributed by atoms with Crippen LogP contribution >= 0.6 is 12.4 Å². The van der Waals surface area contributed by atoms with E-state index in [1.807, 2.05) is 12.1 Å². The highest BCUT2D eigenvalue weighted by Crippen LogP contribution is 2.19. The number of carbonyl (C=O) groups is 2. The van der Waals surface area contributed by atoms with Gasteiger partial charge in [-0.1, -0.05) is 52.0 Å². The van der Waals surface area contributed by atoms with Crippen LogP contribution in [0, 0.1) is 11.8 Å². The van der Waals surface area contributed by atoms with Gasteiger partial charge in [-0.3, -0.25) is 4.79 Å². The Kier molecular flexibility index (Phi) is 10.5. The summed E-state index contributed by atoms with van der Waals surface area (Å²) in [6, 6.07) is 7.95. The second-order valence-electron chi connectivity index (χ2n) is 8.54. The summed E-state index contributed by atoms with van der Waals surface area (Å²) in [6.45, 7) is 10.7. The lowest BCUT2D eigenvalue weighted by Crippen LogP contribution is -2.49. The van der Waals surface area contributed by atoms with Gasteiger partial charge in [0.1, 0.15) is 0 Å². The molecule has 6 nitrogen and oxygen atoms in total. The summed E-state index contributed by atoms with van der Waals surface area (Å²) in [5.41, 5.74) is 8.55. The third-order valence-electron chi connectivity index (χ3n) is 5.27. The molecule has 0 aliphatic carbocycles. The van der Waals surface area contributed by atoms with Crippen LogP contribution in [0.3, 0.4) is 0 Å². The first-order valence-electron chi connectivity index (χ1n) is 10.4. The van der Waals surface area contributed by atoms with E-state index in [0.717, 1.165) is 18.4 Å². The Morgan fingerprint density at radius 1 is 1.07 bits per heavy atom. The molecule has 2 rings (SSSR count). The largest absolute Gasteiger partial charge is 0.354 e. The van der Waals surface area contributed by atoms with Crippen molar-refractivity contribution in [2.75, 3.05) is 26.2 Å². The maximum Gasteiger partial charge on any atom is 0.317 e. The molecule has 2 unspecified atom stereocenters. The predicted molar refractivity (Wildman–Crippen MR) is 120 cm³/mol. The van der Waals surface area contributed by atoms with Crippen molar-refractivity contribution >= 4 is 24.3 Å². The van der Waals surface area contributed by atoms with E-state index in [0.29, 0.717) is 38.0 Å². The number of hydrogen-bond acceptors (Lipinski definition) is 3. The zero-order valence-electron chi connectivity index (χ0n) is 18.1. The Labute approximate surface area is 181 Å². The minimum Gasteiger partial charge on any atom is -0.354 e. The van der Waals surface area contributed by atoms with Gasteiger partial charge in [-0.25, -0.2) is 4.79 Å². The molecule has 1 heterocycles. The lowest BCUT2D eigenvalue weighted by atomic mass is 9.96. The molecule has 1 aromatic rings. The van der Waals surface area contributed by atoms with Crippen LogP contribution in [-0.2, 0) is 4.79 Å². The molecule has 0 aromatic heterocycles. The normalized spacial score (nSPS) is 17.6. The van der Waals surface area contributed by atoms with E-state index in [4.69, 9.17) is 5.73 Å². The second kappa shape index (κ2) is 12.0. The number of nitrogens with one attached hydrogen (secondary N) is 2. The summed E-state index contributed by atoms with van der Waals surface area (Å²) in [5, 5.41) is 5.91. The summed E-state index contributed by atoms with van der Waals surface area (Å²) in [4.78, 5) is 26.6. The van der Waals surface area contributed by atoms with Crippen molar-refractivity contribution in [3.63, 3.8) is 0 Å². The lowest BCUT2D eigenvalue weighted by molar-refractivity contribution is -0.126. The number of nitrogens with zero attached hydrogens (tertiary/aromatic N) is 1. The van der Waals surface area contributed by atoms with Crippen LogP contribution in [0.2, 0.25) is 0 Å². The summed E-state index contributed by atoms with van der Waals surface area (Å²) in [5.74, 6) is 0.700. The van der Waals surface area contributed by atoms with Gasteiger partial charge in [-0.15, -0.1) is 12.4 Å². The minimum absolute atomic E-state index is 0. The molecular formula is C22H37ClN4O2. The number of amides is 3. The van der Waals surface area contributed by atoms with E-state index in [-0.39, 0.29) is 36.3 Å². The van der Waals surface area contributed by atoms with Crippen molar-refractivity contribution < 1.29 is 9.59 Å². The number of piperidine rings is 1. The van der Waals surface area contributed by atoms with Gasteiger partial charge >= 0.3 is 6.03 Å². The molecule has 1 aliphatic heterocycles. The van der Waals surface area contributed by atoms with E-state index in [2.05, 4.69) is 50.5 Å². The van der Waals surface area contributed by atoms with Gasteiger partial charge in [-0.2, -0.15) is 0 Å². The topological polar surface area (TPSA) is 87.5 Å². The highest BCUT2D eigenvalue weighted by Gasteiger charge is 2.28. The van der Waals surface area contributed by atoms with Crippen LogP contribution in [0.25, 0.3) is 0 Å². The Morgan fingerprint density at radius 3 is 2.28 bits per heavy atom. The molecule has 3 amide bonds. The molecular weight excluding hydrogens is 388 g/mol. The van der Waals surface area contributed by atoms with Gasteiger partial charge in [0.15, 0.2) is 0 Å². The number of rotatable bonds is 7. The fourth-order valence-electron chi connectivity index (χ4n) is 3.38. The van der Waals surface area contributed by atoms with E-state index in [9.17, 15) is 9.59 Å². The van der Waals surface area contributed by atoms with Crippen molar-refractivity contribution in [2.45, 2.75) is 52.5 Å². The van der Waals surface area contributed by atoms with Crippen molar-refractivity contribution in [3.05, 3.63) is 35.4 Å². The summed E-state index contributed by atoms with van der Waals surface area (Å²) in [6.07, 6.45) is 1.65. The van der Waals surface area contributed by atoms with Crippen molar-refractivity contribution in [1.29, 1.82) is 0 Å². The maximum atomic E-state index is 12.6.